The number of rotatable bonds is 6. The Morgan fingerprint density at radius 3 is 2.71 bits per heavy atom. The number of hydrogen-bond donors (Lipinski definition) is 1. The lowest BCUT2D eigenvalue weighted by molar-refractivity contribution is 0.0277. The molecule has 1 amide bonds. The van der Waals surface area contributed by atoms with Crippen LogP contribution in [0.25, 0.3) is 0 Å². The zero-order valence-corrected chi connectivity index (χ0v) is 14.3. The molecular formula is C17H32N2O2. The van der Waals surface area contributed by atoms with E-state index in [2.05, 4.69) is 24.4 Å². The summed E-state index contributed by atoms with van der Waals surface area (Å²) in [4.78, 5) is 13.6. The first-order chi connectivity index (χ1) is 9.78. The van der Waals surface area contributed by atoms with E-state index in [4.69, 9.17) is 4.74 Å². The van der Waals surface area contributed by atoms with Crippen LogP contribution in [-0.4, -0.2) is 43.3 Å². The second-order valence-electron chi connectivity index (χ2n) is 7.27. The van der Waals surface area contributed by atoms with Crippen LogP contribution in [0, 0.1) is 11.8 Å². The van der Waals surface area contributed by atoms with Gasteiger partial charge in [-0.15, -0.1) is 0 Å². The lowest BCUT2D eigenvalue weighted by atomic mass is 9.94. The summed E-state index contributed by atoms with van der Waals surface area (Å²) in [5, 5.41) is 3.53. The fourth-order valence-electron chi connectivity index (χ4n) is 2.52. The molecule has 0 aliphatic heterocycles. The van der Waals surface area contributed by atoms with Crippen molar-refractivity contribution in [3.05, 3.63) is 12.2 Å². The minimum absolute atomic E-state index is 0.244. The quantitative estimate of drug-likeness (QED) is 0.763. The van der Waals surface area contributed by atoms with Crippen molar-refractivity contribution in [2.24, 2.45) is 11.8 Å². The molecule has 0 heterocycles. The summed E-state index contributed by atoms with van der Waals surface area (Å²) in [6.45, 7) is 10.6. The molecule has 0 radical (unpaired) electrons. The highest BCUT2D eigenvalue weighted by molar-refractivity contribution is 5.67. The second-order valence-corrected chi connectivity index (χ2v) is 7.27. The number of allylic oxidation sites excluding steroid dienone is 2. The molecule has 1 N–H and O–H groups in total. The third kappa shape index (κ3) is 8.10. The second kappa shape index (κ2) is 8.42. The summed E-state index contributed by atoms with van der Waals surface area (Å²) in [5.74, 6) is 1.19. The Kier molecular flexibility index (Phi) is 7.23. The average molecular weight is 296 g/mol. The van der Waals surface area contributed by atoms with E-state index in [1.807, 2.05) is 20.8 Å². The van der Waals surface area contributed by atoms with Crippen LogP contribution in [0.15, 0.2) is 12.2 Å². The van der Waals surface area contributed by atoms with E-state index in [1.165, 1.54) is 19.3 Å². The van der Waals surface area contributed by atoms with Gasteiger partial charge in [-0.1, -0.05) is 19.1 Å². The van der Waals surface area contributed by atoms with E-state index in [1.54, 1.807) is 11.9 Å². The van der Waals surface area contributed by atoms with E-state index in [0.29, 0.717) is 12.5 Å². The van der Waals surface area contributed by atoms with Crippen molar-refractivity contribution in [3.8, 4) is 0 Å². The molecule has 4 heteroatoms. The monoisotopic (exact) mass is 296 g/mol. The maximum atomic E-state index is 11.9. The Bertz CT molecular complexity index is 347. The number of nitrogens with zero attached hydrogens (tertiary/aromatic N) is 1. The summed E-state index contributed by atoms with van der Waals surface area (Å²) < 4.78 is 5.36. The molecule has 0 aromatic rings. The Morgan fingerprint density at radius 2 is 2.14 bits per heavy atom. The van der Waals surface area contributed by atoms with Crippen molar-refractivity contribution in [2.75, 3.05) is 26.7 Å². The lowest BCUT2D eigenvalue weighted by Crippen LogP contribution is -2.39. The van der Waals surface area contributed by atoms with Crippen LogP contribution >= 0.6 is 0 Å². The highest BCUT2D eigenvalue weighted by Crippen LogP contribution is 2.17. The van der Waals surface area contributed by atoms with Gasteiger partial charge in [0.1, 0.15) is 5.60 Å². The molecule has 0 saturated heterocycles. The molecule has 2 atom stereocenters. The number of carbonyl (C=O) groups excluding carboxylic acids is 1. The van der Waals surface area contributed by atoms with Gasteiger partial charge in [0, 0.05) is 13.6 Å². The molecule has 4 nitrogen and oxygen atoms in total. The molecule has 0 fully saturated rings. The van der Waals surface area contributed by atoms with Gasteiger partial charge >= 0.3 is 6.09 Å². The van der Waals surface area contributed by atoms with Crippen LogP contribution in [-0.2, 0) is 4.74 Å². The smallest absolute Gasteiger partial charge is 0.410 e. The third-order valence-electron chi connectivity index (χ3n) is 3.59. The Balaban J connectivity index is 2.18. The van der Waals surface area contributed by atoms with Crippen LogP contribution in [0.2, 0.25) is 0 Å². The predicted octanol–water partition coefficient (Wildman–Crippen LogP) is 3.44. The zero-order valence-electron chi connectivity index (χ0n) is 14.3. The van der Waals surface area contributed by atoms with Gasteiger partial charge in [0.2, 0.25) is 0 Å². The minimum Gasteiger partial charge on any atom is -0.444 e. The number of carbonyl (C=O) groups is 1. The molecule has 2 unspecified atom stereocenters. The summed E-state index contributed by atoms with van der Waals surface area (Å²) >= 11 is 0. The van der Waals surface area contributed by atoms with Crippen molar-refractivity contribution in [1.82, 2.24) is 10.2 Å². The van der Waals surface area contributed by atoms with Crippen molar-refractivity contribution < 1.29 is 9.53 Å². The number of hydrogen-bond acceptors (Lipinski definition) is 3. The van der Waals surface area contributed by atoms with Crippen LogP contribution in [0.1, 0.15) is 47.0 Å². The van der Waals surface area contributed by atoms with Gasteiger partial charge in [0.15, 0.2) is 0 Å². The van der Waals surface area contributed by atoms with Gasteiger partial charge in [0.25, 0.3) is 0 Å². The Labute approximate surface area is 129 Å². The molecule has 0 aromatic heterocycles. The van der Waals surface area contributed by atoms with Gasteiger partial charge in [-0.25, -0.2) is 4.79 Å². The number of nitrogens with one attached hydrogen (secondary N) is 1. The summed E-state index contributed by atoms with van der Waals surface area (Å²) in [7, 11) is 1.80. The van der Waals surface area contributed by atoms with Gasteiger partial charge < -0.3 is 15.0 Å². The summed E-state index contributed by atoms with van der Waals surface area (Å²) in [5.41, 5.74) is -0.429. The van der Waals surface area contributed by atoms with Crippen LogP contribution in [0.3, 0.4) is 0 Å². The van der Waals surface area contributed by atoms with Gasteiger partial charge in [-0.2, -0.15) is 0 Å². The van der Waals surface area contributed by atoms with Crippen LogP contribution in [0.5, 0.6) is 0 Å². The van der Waals surface area contributed by atoms with E-state index >= 15 is 0 Å². The Morgan fingerprint density at radius 1 is 1.43 bits per heavy atom. The predicted molar refractivity (Wildman–Crippen MR) is 87.4 cm³/mol. The summed E-state index contributed by atoms with van der Waals surface area (Å²) in [6, 6.07) is 0. The van der Waals surface area contributed by atoms with E-state index in [-0.39, 0.29) is 6.09 Å². The molecule has 122 valence electrons. The van der Waals surface area contributed by atoms with Crippen molar-refractivity contribution >= 4 is 6.09 Å². The largest absolute Gasteiger partial charge is 0.444 e. The molecule has 1 aliphatic carbocycles. The SMILES string of the molecule is CC(CNCC1CC=CCC1)CN(C)C(=O)OC(C)(C)C. The van der Waals surface area contributed by atoms with Gasteiger partial charge in [-0.3, -0.25) is 0 Å². The molecular weight excluding hydrogens is 264 g/mol. The molecule has 0 bridgehead atoms. The highest BCUT2D eigenvalue weighted by Gasteiger charge is 2.20. The fourth-order valence-corrected chi connectivity index (χ4v) is 2.52. The molecule has 21 heavy (non-hydrogen) atoms. The molecule has 1 aliphatic rings. The minimum atomic E-state index is -0.429. The number of amides is 1. The highest BCUT2D eigenvalue weighted by atomic mass is 16.6. The summed E-state index contributed by atoms with van der Waals surface area (Å²) in [6.07, 6.45) is 8.01. The van der Waals surface area contributed by atoms with E-state index in [0.717, 1.165) is 19.0 Å². The first kappa shape index (κ1) is 18.0. The first-order valence-electron chi connectivity index (χ1n) is 8.07. The fraction of sp³-hybridized carbons (Fsp3) is 0.824. The van der Waals surface area contributed by atoms with Crippen LogP contribution in [0.4, 0.5) is 4.79 Å². The first-order valence-corrected chi connectivity index (χ1v) is 8.07. The van der Waals surface area contributed by atoms with Crippen molar-refractivity contribution in [2.45, 2.75) is 52.6 Å². The topological polar surface area (TPSA) is 41.6 Å². The Hall–Kier alpha value is -1.03. The van der Waals surface area contributed by atoms with Gasteiger partial charge in [0.05, 0.1) is 0 Å². The molecule has 0 spiro atoms. The number of ether oxygens (including phenoxy) is 1. The van der Waals surface area contributed by atoms with Crippen molar-refractivity contribution in [1.29, 1.82) is 0 Å². The van der Waals surface area contributed by atoms with Crippen molar-refractivity contribution in [3.63, 3.8) is 0 Å². The normalized spacial score (nSPS) is 20.1. The van der Waals surface area contributed by atoms with E-state index < -0.39 is 5.60 Å². The maximum Gasteiger partial charge on any atom is 0.410 e. The molecule has 0 saturated carbocycles. The van der Waals surface area contributed by atoms with Crippen LogP contribution < -0.4 is 5.32 Å². The average Bonchev–Trinajstić information content (AvgIpc) is 2.37. The maximum absolute atomic E-state index is 11.9. The molecule has 0 aromatic carbocycles. The molecule has 1 rings (SSSR count). The van der Waals surface area contributed by atoms with E-state index in [9.17, 15) is 4.79 Å². The lowest BCUT2D eigenvalue weighted by Gasteiger charge is -2.27. The zero-order chi connectivity index (χ0) is 15.9. The van der Waals surface area contributed by atoms with Gasteiger partial charge in [-0.05, 0) is 65.0 Å². The standard InChI is InChI=1S/C17H32N2O2/c1-14(11-18-12-15-9-7-6-8-10-15)13-19(5)16(20)21-17(2,3)4/h6-7,14-15,18H,8-13H2,1-5H3. The third-order valence-corrected chi connectivity index (χ3v) is 3.59.